The van der Waals surface area contributed by atoms with Crippen molar-refractivity contribution in [2.75, 3.05) is 11.9 Å². The van der Waals surface area contributed by atoms with Crippen LogP contribution < -0.4 is 11.1 Å². The first-order valence-corrected chi connectivity index (χ1v) is 5.77. The number of ether oxygens (including phenoxy) is 1. The molecule has 114 valence electrons. The third-order valence-electron chi connectivity index (χ3n) is 2.22. The van der Waals surface area contributed by atoms with Gasteiger partial charge in [-0.3, -0.25) is 5.41 Å². The molecule has 6 nitrogen and oxygen atoms in total. The van der Waals surface area contributed by atoms with Gasteiger partial charge in [0, 0.05) is 6.20 Å². The fraction of sp³-hybridized carbons (Fsp3) is 0.250. The fourth-order valence-electron chi connectivity index (χ4n) is 1.26. The van der Waals surface area contributed by atoms with E-state index in [9.17, 15) is 18.0 Å². The third kappa shape index (κ3) is 4.79. The molecule has 0 atom stereocenters. The average molecular weight is 302 g/mol. The highest BCUT2D eigenvalue weighted by atomic mass is 19.4. The van der Waals surface area contributed by atoms with Crippen LogP contribution in [0.3, 0.4) is 0 Å². The minimum Gasteiger partial charge on any atom is -0.462 e. The largest absolute Gasteiger partial charge is 0.462 e. The zero-order valence-electron chi connectivity index (χ0n) is 11.0. The Morgan fingerprint density at radius 3 is 2.62 bits per heavy atom. The van der Waals surface area contributed by atoms with Crippen molar-refractivity contribution in [3.05, 3.63) is 35.8 Å². The summed E-state index contributed by atoms with van der Waals surface area (Å²) in [4.78, 5) is 14.7. The van der Waals surface area contributed by atoms with E-state index in [2.05, 4.69) is 15.0 Å². The van der Waals surface area contributed by atoms with E-state index >= 15 is 0 Å². The Hall–Kier alpha value is -2.58. The van der Waals surface area contributed by atoms with E-state index in [1.54, 1.807) is 6.92 Å². The molecule has 1 aromatic rings. The van der Waals surface area contributed by atoms with E-state index in [0.717, 1.165) is 24.5 Å². The molecule has 0 aliphatic rings. The maximum absolute atomic E-state index is 12.3. The van der Waals surface area contributed by atoms with Gasteiger partial charge in [0.2, 0.25) is 0 Å². The SMILES string of the molecule is CCOC(=O)/C(=C/Nc1ccc(C(F)(F)F)nc1)C(=N)N. The fourth-order valence-corrected chi connectivity index (χ4v) is 1.26. The maximum atomic E-state index is 12.3. The molecule has 0 amide bonds. The molecule has 0 saturated carbocycles. The quantitative estimate of drug-likeness (QED) is 0.334. The molecule has 21 heavy (non-hydrogen) atoms. The lowest BCUT2D eigenvalue weighted by Crippen LogP contribution is -2.22. The summed E-state index contributed by atoms with van der Waals surface area (Å²) in [5.41, 5.74) is 4.15. The van der Waals surface area contributed by atoms with Crippen LogP contribution in [-0.4, -0.2) is 23.4 Å². The van der Waals surface area contributed by atoms with E-state index in [4.69, 9.17) is 11.1 Å². The molecule has 1 heterocycles. The number of alkyl halides is 3. The number of carbonyl (C=O) groups is 1. The number of esters is 1. The van der Waals surface area contributed by atoms with Gasteiger partial charge in [-0.05, 0) is 19.1 Å². The van der Waals surface area contributed by atoms with Gasteiger partial charge in [0.1, 0.15) is 17.1 Å². The lowest BCUT2D eigenvalue weighted by molar-refractivity contribution is -0.141. The van der Waals surface area contributed by atoms with Crippen LogP contribution in [0, 0.1) is 5.41 Å². The minimum absolute atomic E-state index is 0.102. The van der Waals surface area contributed by atoms with Crippen LogP contribution in [0.4, 0.5) is 18.9 Å². The normalized spacial score (nSPS) is 11.9. The molecular weight excluding hydrogens is 289 g/mol. The number of nitrogens with zero attached hydrogens (tertiary/aromatic N) is 1. The number of rotatable bonds is 5. The molecule has 1 rings (SSSR count). The monoisotopic (exact) mass is 302 g/mol. The summed E-state index contributed by atoms with van der Waals surface area (Å²) in [5, 5.41) is 9.78. The van der Waals surface area contributed by atoms with Gasteiger partial charge in [-0.15, -0.1) is 0 Å². The number of halogens is 3. The molecule has 9 heteroatoms. The van der Waals surface area contributed by atoms with Crippen molar-refractivity contribution in [1.29, 1.82) is 5.41 Å². The molecule has 0 unspecified atom stereocenters. The molecule has 1 aromatic heterocycles. The summed E-state index contributed by atoms with van der Waals surface area (Å²) in [6.07, 6.45) is -2.50. The maximum Gasteiger partial charge on any atom is 0.433 e. The van der Waals surface area contributed by atoms with Crippen LogP contribution in [-0.2, 0) is 15.7 Å². The summed E-state index contributed by atoms with van der Waals surface area (Å²) in [7, 11) is 0. The number of hydrogen-bond donors (Lipinski definition) is 3. The second kappa shape index (κ2) is 6.73. The van der Waals surface area contributed by atoms with Crippen molar-refractivity contribution in [2.24, 2.45) is 5.73 Å². The highest BCUT2D eigenvalue weighted by Gasteiger charge is 2.31. The van der Waals surface area contributed by atoms with Crippen molar-refractivity contribution in [2.45, 2.75) is 13.1 Å². The molecule has 0 spiro atoms. The van der Waals surface area contributed by atoms with E-state index < -0.39 is 23.7 Å². The van der Waals surface area contributed by atoms with Crippen molar-refractivity contribution in [3.63, 3.8) is 0 Å². The highest BCUT2D eigenvalue weighted by molar-refractivity contribution is 6.17. The minimum atomic E-state index is -4.52. The van der Waals surface area contributed by atoms with Gasteiger partial charge >= 0.3 is 12.1 Å². The van der Waals surface area contributed by atoms with Gasteiger partial charge in [-0.25, -0.2) is 9.78 Å². The van der Waals surface area contributed by atoms with Crippen molar-refractivity contribution < 1.29 is 22.7 Å². The Balaban J connectivity index is 2.86. The van der Waals surface area contributed by atoms with Crippen LogP contribution in [0.5, 0.6) is 0 Å². The predicted molar refractivity (Wildman–Crippen MR) is 69.5 cm³/mol. The summed E-state index contributed by atoms with van der Waals surface area (Å²) in [6.45, 7) is 1.69. The van der Waals surface area contributed by atoms with Crippen LogP contribution in [0.25, 0.3) is 0 Å². The number of nitrogens with one attached hydrogen (secondary N) is 2. The molecule has 0 radical (unpaired) electrons. The Morgan fingerprint density at radius 2 is 2.19 bits per heavy atom. The molecule has 0 aliphatic heterocycles. The van der Waals surface area contributed by atoms with Gasteiger partial charge < -0.3 is 15.8 Å². The highest BCUT2D eigenvalue weighted by Crippen LogP contribution is 2.27. The van der Waals surface area contributed by atoms with Gasteiger partial charge in [0.15, 0.2) is 0 Å². The van der Waals surface area contributed by atoms with Gasteiger partial charge in [-0.2, -0.15) is 13.2 Å². The molecule has 0 aromatic carbocycles. The number of hydrogen-bond acceptors (Lipinski definition) is 5. The average Bonchev–Trinajstić information content (AvgIpc) is 2.38. The number of nitrogens with two attached hydrogens (primary N) is 1. The Morgan fingerprint density at radius 1 is 1.52 bits per heavy atom. The number of amidine groups is 1. The Labute approximate surface area is 118 Å². The molecule has 0 bridgehead atoms. The molecule has 4 N–H and O–H groups in total. The van der Waals surface area contributed by atoms with E-state index in [-0.39, 0.29) is 17.9 Å². The summed E-state index contributed by atoms with van der Waals surface area (Å²) in [6, 6.07) is 1.92. The first kappa shape index (κ1) is 16.5. The zero-order valence-corrected chi connectivity index (χ0v) is 11.0. The second-order valence-electron chi connectivity index (χ2n) is 3.77. The lowest BCUT2D eigenvalue weighted by Gasteiger charge is -2.08. The molecular formula is C12H13F3N4O2. The lowest BCUT2D eigenvalue weighted by atomic mass is 10.2. The third-order valence-corrected chi connectivity index (χ3v) is 2.22. The van der Waals surface area contributed by atoms with Crippen LogP contribution >= 0.6 is 0 Å². The molecule has 0 aliphatic carbocycles. The zero-order chi connectivity index (χ0) is 16.0. The summed E-state index contributed by atoms with van der Waals surface area (Å²) >= 11 is 0. The van der Waals surface area contributed by atoms with Crippen molar-refractivity contribution >= 4 is 17.5 Å². The standard InChI is InChI=1S/C12H13F3N4O2/c1-2-21-11(20)8(10(16)17)6-18-7-3-4-9(19-5-7)12(13,14)15/h3-6,18H,2H2,1H3,(H3,16,17)/b8-6+. The number of pyridine rings is 1. The second-order valence-corrected chi connectivity index (χ2v) is 3.77. The van der Waals surface area contributed by atoms with Crippen LogP contribution in [0.1, 0.15) is 12.6 Å². The van der Waals surface area contributed by atoms with E-state index in [1.807, 2.05) is 0 Å². The van der Waals surface area contributed by atoms with Crippen LogP contribution in [0.2, 0.25) is 0 Å². The predicted octanol–water partition coefficient (Wildman–Crippen LogP) is 1.90. The van der Waals surface area contributed by atoms with Gasteiger partial charge in [-0.1, -0.05) is 0 Å². The number of anilines is 1. The first-order chi connectivity index (χ1) is 9.75. The molecule has 0 fully saturated rings. The van der Waals surface area contributed by atoms with E-state index in [0.29, 0.717) is 0 Å². The molecule has 0 saturated heterocycles. The smallest absolute Gasteiger partial charge is 0.433 e. The number of carbonyl (C=O) groups excluding carboxylic acids is 1. The van der Waals surface area contributed by atoms with Crippen molar-refractivity contribution in [3.8, 4) is 0 Å². The number of aromatic nitrogens is 1. The Kier molecular flexibility index (Phi) is 5.28. The first-order valence-electron chi connectivity index (χ1n) is 5.77. The summed E-state index contributed by atoms with van der Waals surface area (Å²) < 4.78 is 41.7. The van der Waals surface area contributed by atoms with Crippen LogP contribution in [0.15, 0.2) is 30.1 Å². The van der Waals surface area contributed by atoms with Gasteiger partial charge in [0.05, 0.1) is 18.5 Å². The van der Waals surface area contributed by atoms with Gasteiger partial charge in [0.25, 0.3) is 0 Å². The topological polar surface area (TPSA) is 101 Å². The Bertz CT molecular complexity index is 553. The van der Waals surface area contributed by atoms with E-state index in [1.165, 1.54) is 0 Å². The summed E-state index contributed by atoms with van der Waals surface area (Å²) in [5.74, 6) is -1.34. The van der Waals surface area contributed by atoms with Crippen molar-refractivity contribution in [1.82, 2.24) is 4.98 Å².